The van der Waals surface area contributed by atoms with Crippen LogP contribution in [-0.2, 0) is 4.79 Å². The quantitative estimate of drug-likeness (QED) is 0.689. The van der Waals surface area contributed by atoms with Crippen LogP contribution in [0.3, 0.4) is 0 Å². The molecule has 1 N–H and O–H groups in total. The molecule has 1 amide bonds. The summed E-state index contributed by atoms with van der Waals surface area (Å²) in [5.41, 5.74) is 1.52. The van der Waals surface area contributed by atoms with E-state index in [0.717, 1.165) is 12.1 Å². The van der Waals surface area contributed by atoms with Gasteiger partial charge in [0.1, 0.15) is 11.6 Å². The van der Waals surface area contributed by atoms with Crippen molar-refractivity contribution in [3.63, 3.8) is 0 Å². The molecule has 0 bridgehead atoms. The third-order valence-electron chi connectivity index (χ3n) is 3.47. The predicted octanol–water partition coefficient (Wildman–Crippen LogP) is 3.71. The summed E-state index contributed by atoms with van der Waals surface area (Å²) in [6, 6.07) is 8.52. The highest BCUT2D eigenvalue weighted by Gasteiger charge is 2.26. The largest absolute Gasteiger partial charge is 0.496 e. The van der Waals surface area contributed by atoms with Crippen molar-refractivity contribution in [2.75, 3.05) is 12.4 Å². The molecule has 0 aromatic heterocycles. The highest BCUT2D eigenvalue weighted by Crippen LogP contribution is 2.34. The molecule has 0 radical (unpaired) electrons. The Morgan fingerprint density at radius 2 is 2.04 bits per heavy atom. The molecule has 6 heteroatoms. The Morgan fingerprint density at radius 1 is 1.26 bits per heavy atom. The maximum atomic E-state index is 13.2. The topological polar surface area (TPSA) is 55.4 Å². The molecular weight excluding hydrogens is 321 g/mol. The van der Waals surface area contributed by atoms with E-state index in [0.29, 0.717) is 16.3 Å². The Bertz CT molecular complexity index is 861. The van der Waals surface area contributed by atoms with Crippen LogP contribution in [0.5, 0.6) is 5.75 Å². The molecule has 0 saturated carbocycles. The molecule has 0 spiro atoms. The molecule has 0 fully saturated rings. The van der Waals surface area contributed by atoms with E-state index in [1.54, 1.807) is 18.2 Å². The molecule has 1 heterocycles. The van der Waals surface area contributed by atoms with Crippen molar-refractivity contribution < 1.29 is 18.7 Å². The number of ether oxygens (including phenoxy) is 1. The van der Waals surface area contributed by atoms with Gasteiger partial charge in [0.2, 0.25) is 0 Å². The molecule has 116 valence electrons. The van der Waals surface area contributed by atoms with Crippen molar-refractivity contribution in [2.45, 2.75) is 0 Å². The van der Waals surface area contributed by atoms with Gasteiger partial charge in [0.25, 0.3) is 5.91 Å². The Kier molecular flexibility index (Phi) is 3.88. The molecule has 0 unspecified atom stereocenters. The lowest BCUT2D eigenvalue weighted by molar-refractivity contribution is -0.110. The number of ketones is 1. The summed E-state index contributed by atoms with van der Waals surface area (Å²) in [6.45, 7) is 0. The number of allylic oxidation sites excluding steroid dienone is 1. The lowest BCUT2D eigenvalue weighted by atomic mass is 10.0. The molecule has 1 aliphatic heterocycles. The van der Waals surface area contributed by atoms with Gasteiger partial charge in [0.05, 0.1) is 18.2 Å². The van der Waals surface area contributed by atoms with Crippen LogP contribution < -0.4 is 10.1 Å². The van der Waals surface area contributed by atoms with E-state index in [-0.39, 0.29) is 16.9 Å². The van der Waals surface area contributed by atoms with E-state index in [9.17, 15) is 14.0 Å². The van der Waals surface area contributed by atoms with E-state index >= 15 is 0 Å². The average Bonchev–Trinajstić information content (AvgIpc) is 2.82. The fraction of sp³-hybridized carbons (Fsp3) is 0.0588. The summed E-state index contributed by atoms with van der Waals surface area (Å²) in [4.78, 5) is 24.5. The number of carbonyl (C=O) groups excluding carboxylic acids is 2. The van der Waals surface area contributed by atoms with Crippen molar-refractivity contribution >= 4 is 34.6 Å². The number of fused-ring (bicyclic) bond motifs is 1. The minimum absolute atomic E-state index is 0.108. The summed E-state index contributed by atoms with van der Waals surface area (Å²) in [5, 5.41) is 3.12. The number of carbonyl (C=O) groups is 2. The SMILES string of the molecule is COc1cc(F)ccc1C(=O)/C=C1\C(=O)Nc2ccc(Cl)cc21. The average molecular weight is 332 g/mol. The summed E-state index contributed by atoms with van der Waals surface area (Å²) >= 11 is 5.94. The number of halogens is 2. The first-order valence-corrected chi connectivity index (χ1v) is 7.08. The number of benzene rings is 2. The Labute approximate surface area is 136 Å². The van der Waals surface area contributed by atoms with E-state index in [4.69, 9.17) is 16.3 Å². The van der Waals surface area contributed by atoms with Crippen molar-refractivity contribution in [1.82, 2.24) is 0 Å². The number of anilines is 1. The zero-order valence-electron chi connectivity index (χ0n) is 12.0. The number of amides is 1. The van der Waals surface area contributed by atoms with Crippen molar-refractivity contribution in [3.8, 4) is 5.75 Å². The molecule has 0 saturated heterocycles. The van der Waals surface area contributed by atoms with Gasteiger partial charge in [-0.25, -0.2) is 4.39 Å². The second kappa shape index (κ2) is 5.85. The van der Waals surface area contributed by atoms with E-state index in [1.165, 1.54) is 19.3 Å². The Balaban J connectivity index is 2.04. The molecule has 0 atom stereocenters. The predicted molar refractivity (Wildman–Crippen MR) is 85.3 cm³/mol. The molecule has 2 aromatic rings. The van der Waals surface area contributed by atoms with Crippen LogP contribution in [0.1, 0.15) is 15.9 Å². The number of rotatable bonds is 3. The second-order valence-corrected chi connectivity index (χ2v) is 5.35. The number of hydrogen-bond acceptors (Lipinski definition) is 3. The van der Waals surface area contributed by atoms with Crippen LogP contribution in [0.4, 0.5) is 10.1 Å². The number of methoxy groups -OCH3 is 1. The first-order chi connectivity index (χ1) is 11.0. The summed E-state index contributed by atoms with van der Waals surface area (Å²) < 4.78 is 18.2. The van der Waals surface area contributed by atoms with Crippen LogP contribution in [0.2, 0.25) is 5.02 Å². The molecule has 1 aliphatic rings. The van der Waals surface area contributed by atoms with Crippen LogP contribution >= 0.6 is 11.6 Å². The molecular formula is C17H11ClFNO3. The highest BCUT2D eigenvalue weighted by atomic mass is 35.5. The fourth-order valence-electron chi connectivity index (χ4n) is 2.38. The van der Waals surface area contributed by atoms with Gasteiger partial charge in [-0.05, 0) is 36.4 Å². The lowest BCUT2D eigenvalue weighted by Gasteiger charge is -2.06. The Hall–Kier alpha value is -2.66. The summed E-state index contributed by atoms with van der Waals surface area (Å²) in [6.07, 6.45) is 1.20. The molecule has 2 aromatic carbocycles. The third kappa shape index (κ3) is 2.83. The fourth-order valence-corrected chi connectivity index (χ4v) is 2.55. The monoisotopic (exact) mass is 331 g/mol. The lowest BCUT2D eigenvalue weighted by Crippen LogP contribution is -2.06. The van der Waals surface area contributed by atoms with Gasteiger partial charge < -0.3 is 10.1 Å². The molecule has 23 heavy (non-hydrogen) atoms. The highest BCUT2D eigenvalue weighted by molar-refractivity contribution is 6.36. The van der Waals surface area contributed by atoms with Crippen LogP contribution in [0, 0.1) is 5.82 Å². The smallest absolute Gasteiger partial charge is 0.256 e. The van der Waals surface area contributed by atoms with Gasteiger partial charge in [-0.3, -0.25) is 9.59 Å². The maximum Gasteiger partial charge on any atom is 0.256 e. The van der Waals surface area contributed by atoms with E-state index in [2.05, 4.69) is 5.32 Å². The van der Waals surface area contributed by atoms with E-state index < -0.39 is 17.5 Å². The Morgan fingerprint density at radius 3 is 2.78 bits per heavy atom. The third-order valence-corrected chi connectivity index (χ3v) is 3.70. The molecule has 3 rings (SSSR count). The van der Waals surface area contributed by atoms with Crippen LogP contribution in [-0.4, -0.2) is 18.8 Å². The molecule has 4 nitrogen and oxygen atoms in total. The van der Waals surface area contributed by atoms with Gasteiger partial charge >= 0.3 is 0 Å². The zero-order valence-corrected chi connectivity index (χ0v) is 12.8. The normalized spacial score (nSPS) is 14.6. The standard InChI is InChI=1S/C17H11ClFNO3/c1-23-16-7-10(19)3-4-11(16)15(21)8-13-12-6-9(18)2-5-14(12)20-17(13)22/h2-8H,1H3,(H,20,22)/b13-8-. The first kappa shape index (κ1) is 15.2. The number of nitrogens with one attached hydrogen (secondary N) is 1. The van der Waals surface area contributed by atoms with Crippen LogP contribution in [0.25, 0.3) is 5.57 Å². The summed E-state index contributed by atoms with van der Waals surface area (Å²) in [7, 11) is 1.34. The maximum absolute atomic E-state index is 13.2. The second-order valence-electron chi connectivity index (χ2n) is 4.91. The zero-order chi connectivity index (χ0) is 16.6. The molecule has 0 aliphatic carbocycles. The van der Waals surface area contributed by atoms with Gasteiger partial charge in [-0.2, -0.15) is 0 Å². The van der Waals surface area contributed by atoms with Crippen molar-refractivity contribution in [1.29, 1.82) is 0 Å². The van der Waals surface area contributed by atoms with Gasteiger partial charge in [0, 0.05) is 22.3 Å². The van der Waals surface area contributed by atoms with Gasteiger partial charge in [0.15, 0.2) is 5.78 Å². The summed E-state index contributed by atoms with van der Waals surface area (Å²) in [5.74, 6) is -1.25. The van der Waals surface area contributed by atoms with Crippen molar-refractivity contribution in [3.05, 3.63) is 64.4 Å². The number of hydrogen-bond donors (Lipinski definition) is 1. The first-order valence-electron chi connectivity index (χ1n) is 6.70. The minimum atomic E-state index is -0.512. The minimum Gasteiger partial charge on any atom is -0.496 e. The van der Waals surface area contributed by atoms with Crippen LogP contribution in [0.15, 0.2) is 42.5 Å². The van der Waals surface area contributed by atoms with Gasteiger partial charge in [-0.15, -0.1) is 0 Å². The van der Waals surface area contributed by atoms with Gasteiger partial charge in [-0.1, -0.05) is 11.6 Å². The van der Waals surface area contributed by atoms with E-state index in [1.807, 2.05) is 0 Å². The van der Waals surface area contributed by atoms with Crippen molar-refractivity contribution in [2.24, 2.45) is 0 Å².